The molecule has 1 rings (SSSR count). The third-order valence-corrected chi connectivity index (χ3v) is 3.87. The first-order valence-corrected chi connectivity index (χ1v) is 7.06. The van der Waals surface area contributed by atoms with E-state index in [1.807, 2.05) is 24.6 Å². The van der Waals surface area contributed by atoms with Crippen molar-refractivity contribution in [2.45, 2.75) is 19.1 Å². The normalized spacial score (nSPS) is 15.1. The summed E-state index contributed by atoms with van der Waals surface area (Å²) in [5.74, 6) is 0.736. The van der Waals surface area contributed by atoms with Gasteiger partial charge in [-0.15, -0.1) is 11.3 Å². The lowest BCUT2D eigenvalue weighted by Crippen LogP contribution is -2.39. The summed E-state index contributed by atoms with van der Waals surface area (Å²) in [6.07, 6.45) is 1.99. The van der Waals surface area contributed by atoms with Crippen LogP contribution in [-0.2, 0) is 6.54 Å². The van der Waals surface area contributed by atoms with E-state index >= 15 is 0 Å². The van der Waals surface area contributed by atoms with Gasteiger partial charge in [-0.2, -0.15) is 11.8 Å². The Kier molecular flexibility index (Phi) is 4.92. The first-order chi connectivity index (χ1) is 7.05. The largest absolute Gasteiger partial charge is 0.398 e. The summed E-state index contributed by atoms with van der Waals surface area (Å²) >= 11 is 3.29. The topological polar surface area (TPSA) is 58.3 Å². The Labute approximate surface area is 99.1 Å². The van der Waals surface area contributed by atoms with Crippen molar-refractivity contribution in [3.63, 3.8) is 0 Å². The maximum atomic E-state index is 9.90. The molecule has 1 heterocycles. The number of nitrogen functional groups attached to an aromatic ring is 1. The van der Waals surface area contributed by atoms with Crippen molar-refractivity contribution in [3.8, 4) is 0 Å². The van der Waals surface area contributed by atoms with Gasteiger partial charge in [0.25, 0.3) is 0 Å². The van der Waals surface area contributed by atoms with Crippen LogP contribution in [0.1, 0.15) is 11.8 Å². The van der Waals surface area contributed by atoms with Crippen molar-refractivity contribution < 1.29 is 5.11 Å². The summed E-state index contributed by atoms with van der Waals surface area (Å²) < 4.78 is 0. The van der Waals surface area contributed by atoms with E-state index in [4.69, 9.17) is 5.73 Å². The summed E-state index contributed by atoms with van der Waals surface area (Å²) in [6, 6.07) is 1.90. The van der Waals surface area contributed by atoms with Gasteiger partial charge in [0.2, 0.25) is 0 Å². The van der Waals surface area contributed by atoms with Crippen molar-refractivity contribution in [2.75, 3.05) is 24.3 Å². The molecular weight excluding hydrogens is 228 g/mol. The molecule has 1 atom stereocenters. The molecule has 4 N–H and O–H groups in total. The number of anilines is 1. The zero-order chi connectivity index (χ0) is 11.3. The lowest BCUT2D eigenvalue weighted by atomic mass is 10.1. The lowest BCUT2D eigenvalue weighted by Gasteiger charge is -2.22. The van der Waals surface area contributed by atoms with Gasteiger partial charge >= 0.3 is 0 Å². The molecule has 0 radical (unpaired) electrons. The van der Waals surface area contributed by atoms with Crippen LogP contribution in [0, 0.1) is 0 Å². The predicted molar refractivity (Wildman–Crippen MR) is 69.4 cm³/mol. The molecule has 0 saturated heterocycles. The molecule has 0 aliphatic rings. The summed E-state index contributed by atoms with van der Waals surface area (Å²) in [7, 11) is 0. The van der Waals surface area contributed by atoms with Crippen molar-refractivity contribution in [1.29, 1.82) is 0 Å². The highest BCUT2D eigenvalue weighted by Crippen LogP contribution is 2.18. The van der Waals surface area contributed by atoms with Gasteiger partial charge in [0.05, 0.1) is 5.60 Å². The second-order valence-corrected chi connectivity index (χ2v) is 5.70. The minimum atomic E-state index is -0.647. The quantitative estimate of drug-likeness (QED) is 0.712. The Morgan fingerprint density at radius 3 is 2.93 bits per heavy atom. The van der Waals surface area contributed by atoms with Gasteiger partial charge < -0.3 is 16.2 Å². The van der Waals surface area contributed by atoms with Crippen LogP contribution < -0.4 is 11.1 Å². The second kappa shape index (κ2) is 5.75. The van der Waals surface area contributed by atoms with E-state index in [9.17, 15) is 5.11 Å². The number of thioether (sulfide) groups is 1. The van der Waals surface area contributed by atoms with Crippen LogP contribution >= 0.6 is 23.1 Å². The summed E-state index contributed by atoms with van der Waals surface area (Å²) in [6.45, 7) is 3.16. The van der Waals surface area contributed by atoms with E-state index in [0.29, 0.717) is 6.54 Å². The Morgan fingerprint density at radius 2 is 2.40 bits per heavy atom. The number of rotatable bonds is 6. The van der Waals surface area contributed by atoms with Gasteiger partial charge in [-0.05, 0) is 24.6 Å². The first kappa shape index (κ1) is 12.8. The Balaban J connectivity index is 2.30. The SMILES string of the molecule is CSCC(C)(O)CNCc1sccc1N. The fraction of sp³-hybridized carbons (Fsp3) is 0.600. The molecule has 5 heteroatoms. The number of thiophene rings is 1. The van der Waals surface area contributed by atoms with Gasteiger partial charge in [-0.1, -0.05) is 0 Å². The molecule has 0 aromatic carbocycles. The van der Waals surface area contributed by atoms with Gasteiger partial charge in [-0.3, -0.25) is 0 Å². The molecule has 1 unspecified atom stereocenters. The zero-order valence-electron chi connectivity index (χ0n) is 9.12. The van der Waals surface area contributed by atoms with Crippen LogP contribution in [0.2, 0.25) is 0 Å². The van der Waals surface area contributed by atoms with Crippen molar-refractivity contribution >= 4 is 28.8 Å². The lowest BCUT2D eigenvalue weighted by molar-refractivity contribution is 0.0847. The number of nitrogens with two attached hydrogens (primary N) is 1. The van der Waals surface area contributed by atoms with Crippen LogP contribution in [0.5, 0.6) is 0 Å². The molecule has 0 amide bonds. The van der Waals surface area contributed by atoms with Crippen molar-refractivity contribution in [2.24, 2.45) is 0 Å². The van der Waals surface area contributed by atoms with Crippen LogP contribution in [0.15, 0.2) is 11.4 Å². The molecular formula is C10H18N2OS2. The third kappa shape index (κ3) is 4.42. The minimum absolute atomic E-state index is 0.588. The molecule has 3 nitrogen and oxygen atoms in total. The average Bonchev–Trinajstić information content (AvgIpc) is 2.51. The molecule has 86 valence electrons. The molecule has 0 aliphatic heterocycles. The Bertz CT molecular complexity index is 299. The van der Waals surface area contributed by atoms with Crippen molar-refractivity contribution in [1.82, 2.24) is 5.32 Å². The van der Waals surface area contributed by atoms with Crippen LogP contribution in [-0.4, -0.2) is 29.3 Å². The fourth-order valence-electron chi connectivity index (χ4n) is 1.30. The van der Waals surface area contributed by atoms with E-state index in [-0.39, 0.29) is 0 Å². The van der Waals surface area contributed by atoms with Crippen LogP contribution in [0.4, 0.5) is 5.69 Å². The highest BCUT2D eigenvalue weighted by Gasteiger charge is 2.18. The third-order valence-electron chi connectivity index (χ3n) is 2.03. The van der Waals surface area contributed by atoms with E-state index in [0.717, 1.165) is 22.9 Å². The minimum Gasteiger partial charge on any atom is -0.398 e. The summed E-state index contributed by atoms with van der Waals surface area (Å²) in [4.78, 5) is 1.13. The van der Waals surface area contributed by atoms with Gasteiger partial charge in [0, 0.05) is 29.4 Å². The smallest absolute Gasteiger partial charge is 0.0833 e. The standard InChI is InChI=1S/C10H18N2OS2/c1-10(13,7-14-2)6-12-5-9-8(11)3-4-15-9/h3-4,12-13H,5-7,11H2,1-2H3. The molecule has 0 bridgehead atoms. The molecule has 0 saturated carbocycles. The maximum absolute atomic E-state index is 9.90. The van der Waals surface area contributed by atoms with E-state index in [1.54, 1.807) is 23.1 Å². The van der Waals surface area contributed by atoms with Gasteiger partial charge in [-0.25, -0.2) is 0 Å². The van der Waals surface area contributed by atoms with Crippen LogP contribution in [0.25, 0.3) is 0 Å². The monoisotopic (exact) mass is 246 g/mol. The van der Waals surface area contributed by atoms with Gasteiger partial charge in [0.15, 0.2) is 0 Å². The number of nitrogens with one attached hydrogen (secondary N) is 1. The van der Waals surface area contributed by atoms with E-state index in [1.165, 1.54) is 0 Å². The first-order valence-electron chi connectivity index (χ1n) is 4.79. The molecule has 1 aromatic rings. The predicted octanol–water partition coefficient (Wildman–Crippen LogP) is 1.53. The van der Waals surface area contributed by atoms with Crippen molar-refractivity contribution in [3.05, 3.63) is 16.3 Å². The summed E-state index contributed by atoms with van der Waals surface area (Å²) in [5, 5.41) is 15.1. The van der Waals surface area contributed by atoms with E-state index in [2.05, 4.69) is 5.32 Å². The fourth-order valence-corrected chi connectivity index (χ4v) is 2.79. The van der Waals surface area contributed by atoms with Crippen LogP contribution in [0.3, 0.4) is 0 Å². The van der Waals surface area contributed by atoms with Gasteiger partial charge in [0.1, 0.15) is 0 Å². The Morgan fingerprint density at radius 1 is 1.67 bits per heavy atom. The Hall–Kier alpha value is -0.230. The molecule has 0 fully saturated rings. The number of hydrogen-bond acceptors (Lipinski definition) is 5. The second-order valence-electron chi connectivity index (χ2n) is 3.83. The molecule has 0 spiro atoms. The number of aliphatic hydroxyl groups is 1. The molecule has 1 aromatic heterocycles. The zero-order valence-corrected chi connectivity index (χ0v) is 10.8. The highest BCUT2D eigenvalue weighted by atomic mass is 32.2. The summed E-state index contributed by atoms with van der Waals surface area (Å²) in [5.41, 5.74) is 5.94. The highest BCUT2D eigenvalue weighted by molar-refractivity contribution is 7.98. The average molecular weight is 246 g/mol. The number of hydrogen-bond donors (Lipinski definition) is 3. The molecule has 15 heavy (non-hydrogen) atoms. The molecule has 0 aliphatic carbocycles. The maximum Gasteiger partial charge on any atom is 0.0833 e. The van der Waals surface area contributed by atoms with E-state index < -0.39 is 5.60 Å².